The molecule has 6 nitrogen and oxygen atoms in total. The third kappa shape index (κ3) is 9.40. The average molecular weight is 399 g/mol. The topological polar surface area (TPSA) is 56.8 Å². The van der Waals surface area contributed by atoms with E-state index in [4.69, 9.17) is 4.74 Å². The van der Waals surface area contributed by atoms with Crippen LogP contribution in [0.4, 0.5) is 0 Å². The Kier molecular flexibility index (Phi) is 13.1. The van der Waals surface area contributed by atoms with Gasteiger partial charge in [0.05, 0.1) is 19.3 Å². The largest absolute Gasteiger partial charge is 0.374 e. The lowest BCUT2D eigenvalue weighted by molar-refractivity contribution is -0.123. The molecule has 2 atom stereocenters. The first-order chi connectivity index (χ1) is 11.1. The molecule has 0 bridgehead atoms. The molecule has 2 unspecified atom stereocenters. The number of likely N-dealkylation sites (N-methyl/N-ethyl adjacent to an activating group) is 1. The maximum atomic E-state index is 12.2. The zero-order chi connectivity index (χ0) is 16.7. The molecule has 0 aliphatic carbocycles. The minimum atomic E-state index is 0. The van der Waals surface area contributed by atoms with Crippen LogP contribution in [-0.4, -0.2) is 87.3 Å². The predicted octanol–water partition coefficient (Wildman–Crippen LogP) is 0.987. The molecule has 2 N–H and O–H groups in total. The number of likely N-dealkylation sites (tertiary alicyclic amines) is 1. The summed E-state index contributed by atoms with van der Waals surface area (Å²) in [5.41, 5.74) is 0. The van der Waals surface area contributed by atoms with Gasteiger partial charge in [0.1, 0.15) is 0 Å². The molecular formula is C17H36Cl2N4O2. The fourth-order valence-electron chi connectivity index (χ4n) is 3.51. The van der Waals surface area contributed by atoms with E-state index < -0.39 is 0 Å². The van der Waals surface area contributed by atoms with E-state index in [0.717, 1.165) is 45.8 Å². The summed E-state index contributed by atoms with van der Waals surface area (Å²) in [4.78, 5) is 16.8. The molecule has 2 aliphatic rings. The molecule has 2 rings (SSSR count). The Morgan fingerprint density at radius 3 is 2.64 bits per heavy atom. The van der Waals surface area contributed by atoms with Crippen molar-refractivity contribution in [2.24, 2.45) is 5.92 Å². The van der Waals surface area contributed by atoms with Gasteiger partial charge in [-0.25, -0.2) is 0 Å². The first-order valence-corrected chi connectivity index (χ1v) is 9.07. The summed E-state index contributed by atoms with van der Waals surface area (Å²) >= 11 is 0. The van der Waals surface area contributed by atoms with Crippen LogP contribution in [0.3, 0.4) is 0 Å². The molecule has 0 radical (unpaired) electrons. The lowest BCUT2D eigenvalue weighted by Gasteiger charge is -2.34. The first-order valence-electron chi connectivity index (χ1n) is 9.07. The number of nitrogens with one attached hydrogen (secondary N) is 2. The Hall–Kier alpha value is -0.110. The van der Waals surface area contributed by atoms with Crippen LogP contribution in [0.15, 0.2) is 0 Å². The Morgan fingerprint density at radius 2 is 1.96 bits per heavy atom. The summed E-state index contributed by atoms with van der Waals surface area (Å²) in [6, 6.07) is 0.516. The summed E-state index contributed by atoms with van der Waals surface area (Å²) < 4.78 is 5.78. The van der Waals surface area contributed by atoms with Crippen molar-refractivity contribution >= 4 is 30.7 Å². The van der Waals surface area contributed by atoms with Crippen LogP contribution in [0, 0.1) is 5.92 Å². The van der Waals surface area contributed by atoms with Gasteiger partial charge in [0.2, 0.25) is 5.91 Å². The first kappa shape index (κ1) is 24.9. The second-order valence-electron chi connectivity index (χ2n) is 7.31. The van der Waals surface area contributed by atoms with E-state index in [1.54, 1.807) is 0 Å². The van der Waals surface area contributed by atoms with Gasteiger partial charge in [-0.1, -0.05) is 13.8 Å². The van der Waals surface area contributed by atoms with E-state index in [1.807, 2.05) is 7.05 Å². The number of nitrogens with zero attached hydrogens (tertiary/aromatic N) is 2. The molecule has 0 aromatic rings. The van der Waals surface area contributed by atoms with Gasteiger partial charge in [-0.15, -0.1) is 24.8 Å². The third-order valence-corrected chi connectivity index (χ3v) is 4.65. The molecule has 0 spiro atoms. The molecule has 2 fully saturated rings. The van der Waals surface area contributed by atoms with Crippen LogP contribution >= 0.6 is 24.8 Å². The van der Waals surface area contributed by atoms with Gasteiger partial charge in [-0.05, 0) is 32.4 Å². The molecule has 2 saturated heterocycles. The number of carbonyl (C=O) groups is 1. The van der Waals surface area contributed by atoms with Crippen molar-refractivity contribution in [1.82, 2.24) is 20.4 Å². The van der Waals surface area contributed by atoms with Crippen molar-refractivity contribution in [3.63, 3.8) is 0 Å². The highest BCUT2D eigenvalue weighted by Crippen LogP contribution is 2.09. The number of carbonyl (C=O) groups excluding carboxylic acids is 1. The third-order valence-electron chi connectivity index (χ3n) is 4.65. The van der Waals surface area contributed by atoms with Crippen molar-refractivity contribution in [2.45, 2.75) is 38.8 Å². The van der Waals surface area contributed by atoms with Crippen molar-refractivity contribution in [3.8, 4) is 0 Å². The second-order valence-corrected chi connectivity index (χ2v) is 7.31. The molecule has 150 valence electrons. The highest BCUT2D eigenvalue weighted by molar-refractivity contribution is 5.85. The monoisotopic (exact) mass is 398 g/mol. The van der Waals surface area contributed by atoms with Crippen molar-refractivity contribution < 1.29 is 9.53 Å². The zero-order valence-electron chi connectivity index (χ0n) is 15.8. The van der Waals surface area contributed by atoms with Crippen LogP contribution in [0.5, 0.6) is 0 Å². The molecule has 1 amide bonds. The van der Waals surface area contributed by atoms with Crippen molar-refractivity contribution in [2.75, 3.05) is 59.5 Å². The van der Waals surface area contributed by atoms with Gasteiger partial charge >= 0.3 is 0 Å². The summed E-state index contributed by atoms with van der Waals surface area (Å²) in [5, 5.41) is 6.37. The van der Waals surface area contributed by atoms with Crippen molar-refractivity contribution in [1.29, 1.82) is 0 Å². The Labute approximate surface area is 165 Å². The number of halogens is 2. The highest BCUT2D eigenvalue weighted by Gasteiger charge is 2.23. The zero-order valence-corrected chi connectivity index (χ0v) is 17.5. The summed E-state index contributed by atoms with van der Waals surface area (Å²) in [5.74, 6) is 0.786. The smallest absolute Gasteiger partial charge is 0.234 e. The fraction of sp³-hybridized carbons (Fsp3) is 0.941. The predicted molar refractivity (Wildman–Crippen MR) is 107 cm³/mol. The van der Waals surface area contributed by atoms with E-state index in [-0.39, 0.29) is 36.8 Å². The molecular weight excluding hydrogens is 363 g/mol. The van der Waals surface area contributed by atoms with E-state index in [1.165, 1.54) is 6.42 Å². The van der Waals surface area contributed by atoms with Gasteiger partial charge in [0.25, 0.3) is 0 Å². The van der Waals surface area contributed by atoms with Crippen LogP contribution in [0.25, 0.3) is 0 Å². The highest BCUT2D eigenvalue weighted by atomic mass is 35.5. The number of hydrogen-bond donors (Lipinski definition) is 2. The Balaban J connectivity index is 0.00000288. The summed E-state index contributed by atoms with van der Waals surface area (Å²) in [7, 11) is 2.00. The Morgan fingerprint density at radius 1 is 1.20 bits per heavy atom. The molecule has 0 aromatic carbocycles. The minimum Gasteiger partial charge on any atom is -0.374 e. The summed E-state index contributed by atoms with van der Waals surface area (Å²) in [6.45, 7) is 11.4. The van der Waals surface area contributed by atoms with Crippen molar-refractivity contribution in [3.05, 3.63) is 0 Å². The van der Waals surface area contributed by atoms with Crippen LogP contribution in [0.2, 0.25) is 0 Å². The SMILES string of the molecule is CNC1CCCN(CC(=O)NCC2CN(CC(C)C)CCO2)C1.Cl.Cl. The lowest BCUT2D eigenvalue weighted by Crippen LogP contribution is -2.51. The minimum absolute atomic E-state index is 0. The fourth-order valence-corrected chi connectivity index (χ4v) is 3.51. The number of morpholine rings is 1. The van der Waals surface area contributed by atoms with E-state index >= 15 is 0 Å². The summed E-state index contributed by atoms with van der Waals surface area (Å²) in [6.07, 6.45) is 2.49. The van der Waals surface area contributed by atoms with E-state index in [2.05, 4.69) is 34.3 Å². The van der Waals surface area contributed by atoms with Gasteiger partial charge < -0.3 is 15.4 Å². The normalized spacial score (nSPS) is 25.1. The molecule has 8 heteroatoms. The van der Waals surface area contributed by atoms with Crippen LogP contribution < -0.4 is 10.6 Å². The van der Waals surface area contributed by atoms with Gasteiger partial charge in [-0.3, -0.25) is 14.6 Å². The van der Waals surface area contributed by atoms with Gasteiger partial charge in [0.15, 0.2) is 0 Å². The Bertz CT molecular complexity index is 375. The second kappa shape index (κ2) is 13.1. The maximum Gasteiger partial charge on any atom is 0.234 e. The lowest BCUT2D eigenvalue weighted by atomic mass is 10.1. The number of hydrogen-bond acceptors (Lipinski definition) is 5. The molecule has 2 heterocycles. The van der Waals surface area contributed by atoms with Gasteiger partial charge in [-0.2, -0.15) is 0 Å². The quantitative estimate of drug-likeness (QED) is 0.669. The standard InChI is InChI=1S/C17H34N4O2.2ClH/c1-14(2)10-21-7-8-23-16(12-21)9-19-17(22)13-20-6-4-5-15(11-20)18-3;;/h14-16,18H,4-13H2,1-3H3,(H,19,22);2*1H. The van der Waals surface area contributed by atoms with E-state index in [0.29, 0.717) is 25.0 Å². The maximum absolute atomic E-state index is 12.2. The van der Waals surface area contributed by atoms with Crippen LogP contribution in [0.1, 0.15) is 26.7 Å². The van der Waals surface area contributed by atoms with Gasteiger partial charge in [0, 0.05) is 38.8 Å². The van der Waals surface area contributed by atoms with Crippen LogP contribution in [-0.2, 0) is 9.53 Å². The molecule has 25 heavy (non-hydrogen) atoms. The number of amides is 1. The molecule has 0 saturated carbocycles. The average Bonchev–Trinajstić information content (AvgIpc) is 2.53. The molecule has 0 aromatic heterocycles. The molecule has 2 aliphatic heterocycles. The number of piperidine rings is 1. The number of rotatable bonds is 7. The van der Waals surface area contributed by atoms with E-state index in [9.17, 15) is 4.79 Å². The number of ether oxygens (including phenoxy) is 1.